The molecule has 18 heterocycles. The molecule has 4 amide bonds. The van der Waals surface area contributed by atoms with Gasteiger partial charge in [-0.3, -0.25) is 19.2 Å². The number of para-hydroxylation sites is 5. The van der Waals surface area contributed by atoms with Gasteiger partial charge in [0.1, 0.15) is 5.69 Å². The number of fused-ring (bicyclic) bond motifs is 10. The minimum absolute atomic E-state index is 0.00403. The quantitative estimate of drug-likeness (QED) is 0.0684. The molecule has 128 heavy (non-hydrogen) atoms. The van der Waals surface area contributed by atoms with Crippen molar-refractivity contribution in [3.63, 3.8) is 0 Å². The van der Waals surface area contributed by atoms with E-state index in [0.29, 0.717) is 95.8 Å². The van der Waals surface area contributed by atoms with Gasteiger partial charge in [0, 0.05) is 106 Å². The Hall–Kier alpha value is -14.4. The molecule has 22 rings (SSSR count). The van der Waals surface area contributed by atoms with Crippen LogP contribution in [0.25, 0.3) is 50.8 Å². The molecule has 0 N–H and O–H groups in total. The van der Waals surface area contributed by atoms with Gasteiger partial charge in [-0.15, -0.1) is 14.7 Å². The zero-order valence-electron chi connectivity index (χ0n) is 71.7. The number of hydrogen-bond donors (Lipinski definition) is 0. The van der Waals surface area contributed by atoms with E-state index in [1.54, 1.807) is 60.9 Å². The van der Waals surface area contributed by atoms with Gasteiger partial charge >= 0.3 is 12.0 Å². The molecule has 0 spiro atoms. The molecule has 4 aromatic carbocycles. The Bertz CT molecular complexity index is 6210. The molecular formula is C93H94FN25O9. The number of aryl methyl sites for hydroxylation is 7. The van der Waals surface area contributed by atoms with Gasteiger partial charge in [0.25, 0.3) is 29.5 Å². The summed E-state index contributed by atoms with van der Waals surface area (Å²) < 4.78 is 45.5. The number of aromatic nitrogens is 21. The standard InChI is InChI=1S/C25H23N5O3.C24H21FN6O2.2C22H25N7O2/c1-15-27-24(33-29-15)18-6-2-3-7-19(18)25(31)30-17-10-11-22(30)16(12-17)14-32-23-13-26-20-8-4-5-9-21(20)28-23;25-18-5-3-4-17(23(18)31-27-10-11-28-31)24(32)30-16-8-9-21(30)15(12-16)14-33-22-13-26-19-6-1-2-7-20(19)29-22;1-13-4-6-18(20(24-13)28-9-8-23-27-28)21(30)29-17-5-7-19(29)16(11-17)12-31-22-25-14(2)10-15(3)26-22;1-13-4-6-18(20(25-13)29-23-8-9-24-29)21(30)28-17-5-7-19(28)16(11-17)12-31-22-26-14(2)10-15(3)27-22/h2-9,13,16-17,22H,10-12,14H2,1H3;1-7,10-11,13,15-16,21H,8-9,12,14H2;2*4,6,8-10,16-17,19H,5,7,11-12H2,1-3H3. The second-order valence-electron chi connectivity index (χ2n) is 34.0. The average molecular weight is 1720 g/mol. The summed E-state index contributed by atoms with van der Waals surface area (Å²) in [6.07, 6.45) is 24.2. The van der Waals surface area contributed by atoms with E-state index in [4.69, 9.17) is 23.5 Å². The maximum absolute atomic E-state index is 14.7. The number of carbonyl (C=O) groups is 4. The smallest absolute Gasteiger partial charge is 0.316 e. The van der Waals surface area contributed by atoms with Gasteiger partial charge in [-0.1, -0.05) is 52.8 Å². The van der Waals surface area contributed by atoms with E-state index >= 15 is 0 Å². The van der Waals surface area contributed by atoms with Gasteiger partial charge in [-0.05, 0) is 210 Å². The third kappa shape index (κ3) is 17.1. The summed E-state index contributed by atoms with van der Waals surface area (Å²) >= 11 is 0. The fourth-order valence-electron chi connectivity index (χ4n) is 20.2. The lowest BCUT2D eigenvalue weighted by Gasteiger charge is -2.25. The molecule has 0 saturated carbocycles. The van der Waals surface area contributed by atoms with E-state index < -0.39 is 5.82 Å². The number of carbonyl (C=O) groups excluding carboxylic acids is 4. The van der Waals surface area contributed by atoms with Crippen LogP contribution in [0.3, 0.4) is 0 Å². The Morgan fingerprint density at radius 2 is 0.812 bits per heavy atom. The normalized spacial score (nSPS) is 21.9. The van der Waals surface area contributed by atoms with Gasteiger partial charge in [0.05, 0.1) is 126 Å². The van der Waals surface area contributed by atoms with Gasteiger partial charge in [0.15, 0.2) is 23.3 Å². The van der Waals surface area contributed by atoms with Gasteiger partial charge in [-0.2, -0.15) is 25.4 Å². The van der Waals surface area contributed by atoms with Crippen LogP contribution in [0.1, 0.15) is 158 Å². The number of halogens is 1. The van der Waals surface area contributed by atoms with E-state index in [9.17, 15) is 23.6 Å². The molecule has 12 atom stereocenters. The predicted molar refractivity (Wildman–Crippen MR) is 462 cm³/mol. The van der Waals surface area contributed by atoms with Gasteiger partial charge < -0.3 is 43.1 Å². The Morgan fingerprint density at radius 1 is 0.398 bits per heavy atom. The number of rotatable bonds is 20. The molecule has 0 radical (unpaired) electrons. The predicted octanol–water partition coefficient (Wildman–Crippen LogP) is 12.4. The number of nitrogens with zero attached hydrogens (tertiary/aromatic N) is 25. The monoisotopic (exact) mass is 1720 g/mol. The van der Waals surface area contributed by atoms with E-state index in [1.165, 1.54) is 28.1 Å². The van der Waals surface area contributed by atoms with Crippen molar-refractivity contribution in [2.24, 2.45) is 23.7 Å². The Morgan fingerprint density at radius 3 is 1.27 bits per heavy atom. The van der Waals surface area contributed by atoms with Crippen LogP contribution in [0.5, 0.6) is 23.8 Å². The van der Waals surface area contributed by atoms with Crippen molar-refractivity contribution >= 4 is 45.7 Å². The molecule has 652 valence electrons. The first-order chi connectivity index (χ1) is 62.3. The molecule has 35 heteroatoms. The first kappa shape index (κ1) is 83.2. The van der Waals surface area contributed by atoms with E-state index in [2.05, 4.69) is 90.7 Å². The average Bonchev–Trinajstić information content (AvgIpc) is 1.60. The molecule has 8 bridgehead atoms. The van der Waals surface area contributed by atoms with E-state index in [-0.39, 0.29) is 107 Å². The summed E-state index contributed by atoms with van der Waals surface area (Å²) in [5, 5.41) is 28.2. The first-order valence-corrected chi connectivity index (χ1v) is 43.5. The lowest BCUT2D eigenvalue weighted by molar-refractivity contribution is 0.0699. The van der Waals surface area contributed by atoms with Crippen LogP contribution in [-0.4, -0.2) is 223 Å². The zero-order chi connectivity index (χ0) is 87.8. The molecule has 10 aromatic heterocycles. The summed E-state index contributed by atoms with van der Waals surface area (Å²) in [4.78, 5) is 114. The highest BCUT2D eigenvalue weighted by Crippen LogP contribution is 2.48. The molecule has 14 aromatic rings. The van der Waals surface area contributed by atoms with E-state index in [1.807, 2.05) is 170 Å². The zero-order valence-corrected chi connectivity index (χ0v) is 71.7. The summed E-state index contributed by atoms with van der Waals surface area (Å²) in [5.74, 6) is 3.15. The Kier molecular flexibility index (Phi) is 23.3. The molecule has 8 fully saturated rings. The Balaban J connectivity index is 0.000000111. The van der Waals surface area contributed by atoms with E-state index in [0.717, 1.165) is 133 Å². The van der Waals surface area contributed by atoms with Crippen LogP contribution in [0.2, 0.25) is 0 Å². The van der Waals surface area contributed by atoms with Crippen molar-refractivity contribution < 1.29 is 47.0 Å². The van der Waals surface area contributed by atoms with Crippen LogP contribution >= 0.6 is 0 Å². The topological polar surface area (TPSA) is 378 Å². The third-order valence-corrected chi connectivity index (χ3v) is 25.6. The number of amides is 4. The summed E-state index contributed by atoms with van der Waals surface area (Å²) in [7, 11) is 0. The third-order valence-electron chi connectivity index (χ3n) is 25.6. The number of hydrogen-bond acceptors (Lipinski definition) is 27. The van der Waals surface area contributed by atoms with Crippen molar-refractivity contribution in [2.45, 2.75) is 174 Å². The molecule has 8 saturated heterocycles. The maximum atomic E-state index is 14.7. The number of ether oxygens (including phenoxy) is 4. The van der Waals surface area contributed by atoms with Crippen LogP contribution < -0.4 is 18.9 Å². The van der Waals surface area contributed by atoms with Crippen molar-refractivity contribution in [1.82, 2.24) is 125 Å². The minimum atomic E-state index is -0.529. The number of pyridine rings is 2. The highest BCUT2D eigenvalue weighted by Gasteiger charge is 2.53. The summed E-state index contributed by atoms with van der Waals surface area (Å²) in [6.45, 7) is 15.3. The van der Waals surface area contributed by atoms with Gasteiger partial charge in [-0.25, -0.2) is 58.9 Å². The highest BCUT2D eigenvalue weighted by atomic mass is 19.1. The van der Waals surface area contributed by atoms with Crippen LogP contribution in [0.4, 0.5) is 4.39 Å². The highest BCUT2D eigenvalue weighted by molar-refractivity contribution is 6.01. The molecule has 34 nitrogen and oxygen atoms in total. The molecule has 0 aliphatic carbocycles. The second kappa shape index (κ2) is 35.9. The SMILES string of the molecule is Cc1cc(C)nc(OCC2CC3CCC2N3C(=O)c2ccc(C)nc2-n2ccnn2)n1.Cc1cc(C)nc(OCC2CC3CCC2N3C(=O)c2ccc(C)nc2-n2nccn2)n1.Cc1noc(-c2ccccc2C(=O)N2C3CCC2C(COc2cnc4ccccc4n2)C3)n1.O=C(c1cccc(F)c1-n1nccn1)N1C2CCC1C(COc1cnc3ccccc3n1)C2. The first-order valence-electron chi connectivity index (χ1n) is 43.5. The summed E-state index contributed by atoms with van der Waals surface area (Å²) in [6, 6.07) is 40.6. The Labute approximate surface area is 735 Å². The summed E-state index contributed by atoms with van der Waals surface area (Å²) in [5.41, 5.74) is 11.1. The largest absolute Gasteiger partial charge is 0.476 e. The lowest BCUT2D eigenvalue weighted by atomic mass is 9.90. The molecule has 12 unspecified atom stereocenters. The van der Waals surface area contributed by atoms with Crippen molar-refractivity contribution in [1.29, 1.82) is 0 Å². The van der Waals surface area contributed by atoms with Crippen molar-refractivity contribution in [3.05, 3.63) is 245 Å². The molecule has 8 aliphatic heterocycles. The van der Waals surface area contributed by atoms with Crippen molar-refractivity contribution in [3.8, 4) is 52.6 Å². The van der Waals surface area contributed by atoms with Crippen LogP contribution in [0, 0.1) is 78.0 Å². The molecular weight excluding hydrogens is 1630 g/mol. The fraction of sp³-hybridized carbons (Fsp3) is 0.376. The maximum Gasteiger partial charge on any atom is 0.316 e. The van der Waals surface area contributed by atoms with Gasteiger partial charge in [0.2, 0.25) is 11.8 Å². The van der Waals surface area contributed by atoms with Crippen LogP contribution in [0.15, 0.2) is 181 Å². The lowest BCUT2D eigenvalue weighted by Crippen LogP contribution is -2.38. The second-order valence-corrected chi connectivity index (χ2v) is 34.0. The fourth-order valence-corrected chi connectivity index (χ4v) is 20.2. The number of benzene rings is 4. The minimum Gasteiger partial charge on any atom is -0.476 e. The van der Waals surface area contributed by atoms with Crippen LogP contribution in [-0.2, 0) is 0 Å². The van der Waals surface area contributed by atoms with Crippen molar-refractivity contribution in [2.75, 3.05) is 26.4 Å². The molecule has 8 aliphatic rings.